The van der Waals surface area contributed by atoms with Gasteiger partial charge in [0.15, 0.2) is 0 Å². The zero-order valence-corrected chi connectivity index (χ0v) is 18.0. The van der Waals surface area contributed by atoms with E-state index in [0.717, 1.165) is 33.4 Å². The maximum Gasteiger partial charge on any atom is 0.271 e. The van der Waals surface area contributed by atoms with Crippen LogP contribution in [0.4, 0.5) is 11.4 Å². The number of methoxy groups -OCH3 is 1. The van der Waals surface area contributed by atoms with E-state index < -0.39 is 39.9 Å². The number of aldehydes is 1. The molecule has 3 aromatic carbocycles. The Morgan fingerprint density at radius 2 is 1.59 bits per heavy atom. The quantitative estimate of drug-likeness (QED) is 0.259. The van der Waals surface area contributed by atoms with Crippen LogP contribution in [0.2, 0.25) is 0 Å². The minimum atomic E-state index is -1.33. The van der Waals surface area contributed by atoms with Gasteiger partial charge in [-0.3, -0.25) is 19.7 Å². The Morgan fingerprint density at radius 3 is 2.15 bits per heavy atom. The Bertz CT molecular complexity index is 1380. The minimum Gasteiger partial charge on any atom is -0.495 e. The van der Waals surface area contributed by atoms with Crippen LogP contribution in [0.25, 0.3) is 0 Å². The number of non-ortho nitro benzene ring substituents is 1. The van der Waals surface area contributed by atoms with E-state index in [1.807, 2.05) is 48.5 Å². The van der Waals surface area contributed by atoms with Crippen LogP contribution in [-0.4, -0.2) is 30.1 Å². The number of rotatable bonds is 4. The third kappa shape index (κ3) is 2.24. The first-order valence-corrected chi connectivity index (χ1v) is 10.8. The first-order chi connectivity index (χ1) is 16.5. The number of anilines is 1. The molecule has 168 valence electrons. The maximum atomic E-state index is 14.0. The number of benzene rings is 3. The van der Waals surface area contributed by atoms with E-state index in [1.54, 1.807) is 0 Å². The van der Waals surface area contributed by atoms with Crippen molar-refractivity contribution >= 4 is 29.5 Å². The molecule has 2 bridgehead atoms. The van der Waals surface area contributed by atoms with Crippen molar-refractivity contribution in [3.63, 3.8) is 0 Å². The van der Waals surface area contributed by atoms with E-state index in [0.29, 0.717) is 0 Å². The van der Waals surface area contributed by atoms with Gasteiger partial charge >= 0.3 is 0 Å². The molecule has 0 unspecified atom stereocenters. The van der Waals surface area contributed by atoms with Crippen molar-refractivity contribution < 1.29 is 24.0 Å². The van der Waals surface area contributed by atoms with Gasteiger partial charge in [0.2, 0.25) is 11.8 Å². The number of carbonyl (C=O) groups is 3. The summed E-state index contributed by atoms with van der Waals surface area (Å²) in [7, 11) is 1.37. The molecular formula is C26H18N2O6. The topological polar surface area (TPSA) is 107 Å². The SMILES string of the molecule is COc1ccc([N+](=O)[O-])cc1N1C(=O)[C@@H]2[C@@H](C1=O)C1c3ccccc3C2(C=O)c2ccccc21. The Balaban J connectivity index is 1.62. The molecule has 3 aromatic rings. The summed E-state index contributed by atoms with van der Waals surface area (Å²) in [6.45, 7) is 0. The number of nitrogens with zero attached hydrogens (tertiary/aromatic N) is 2. The van der Waals surface area contributed by atoms with E-state index in [2.05, 4.69) is 0 Å². The number of amides is 2. The molecule has 0 aromatic heterocycles. The van der Waals surface area contributed by atoms with Crippen LogP contribution in [0.15, 0.2) is 66.7 Å². The Kier molecular flexibility index (Phi) is 4.08. The number of nitro groups is 1. The summed E-state index contributed by atoms with van der Waals surface area (Å²) >= 11 is 0. The fourth-order valence-corrected chi connectivity index (χ4v) is 6.23. The average molecular weight is 454 g/mol. The summed E-state index contributed by atoms with van der Waals surface area (Å²) in [6, 6.07) is 18.6. The van der Waals surface area contributed by atoms with Gasteiger partial charge in [0.1, 0.15) is 17.7 Å². The maximum absolute atomic E-state index is 14.0. The molecule has 7 rings (SSSR count). The van der Waals surface area contributed by atoms with Crippen molar-refractivity contribution in [2.24, 2.45) is 11.8 Å². The second-order valence-corrected chi connectivity index (χ2v) is 8.77. The van der Waals surface area contributed by atoms with Crippen LogP contribution in [0.3, 0.4) is 0 Å². The van der Waals surface area contributed by atoms with E-state index in [-0.39, 0.29) is 17.1 Å². The smallest absolute Gasteiger partial charge is 0.271 e. The fourth-order valence-electron chi connectivity index (χ4n) is 6.23. The van der Waals surface area contributed by atoms with Crippen molar-refractivity contribution in [2.75, 3.05) is 12.0 Å². The van der Waals surface area contributed by atoms with Crippen molar-refractivity contribution in [2.45, 2.75) is 11.3 Å². The van der Waals surface area contributed by atoms with Gasteiger partial charge < -0.3 is 9.53 Å². The molecular weight excluding hydrogens is 436 g/mol. The monoisotopic (exact) mass is 454 g/mol. The number of carbonyl (C=O) groups excluding carboxylic acids is 3. The first kappa shape index (κ1) is 20.3. The number of ether oxygens (including phenoxy) is 1. The van der Waals surface area contributed by atoms with Gasteiger partial charge in [0, 0.05) is 18.1 Å². The van der Waals surface area contributed by atoms with Crippen molar-refractivity contribution in [1.82, 2.24) is 0 Å². The highest BCUT2D eigenvalue weighted by atomic mass is 16.6. The van der Waals surface area contributed by atoms with Gasteiger partial charge in [-0.1, -0.05) is 48.5 Å². The highest BCUT2D eigenvalue weighted by Crippen LogP contribution is 2.63. The van der Waals surface area contributed by atoms with Crippen LogP contribution in [0.1, 0.15) is 28.2 Å². The molecule has 1 heterocycles. The molecule has 0 saturated carbocycles. The molecule has 0 N–H and O–H groups in total. The zero-order chi connectivity index (χ0) is 23.8. The zero-order valence-electron chi connectivity index (χ0n) is 18.0. The Hall–Kier alpha value is -4.33. The van der Waals surface area contributed by atoms with Gasteiger partial charge in [0.25, 0.3) is 5.69 Å². The second kappa shape index (κ2) is 6.84. The standard InChI is InChI=1S/C26H18N2O6/c1-34-20-11-10-14(28(32)33)12-19(20)27-24(30)22-21-15-6-2-4-8-17(15)26(13-29,23(22)25(27)31)18-9-5-3-7-16(18)21/h2-13,21-23H,1H3/t21?,22-,23-,26?/m0/s1. The second-order valence-electron chi connectivity index (χ2n) is 8.77. The summed E-state index contributed by atoms with van der Waals surface area (Å²) in [5.74, 6) is -3.08. The molecule has 2 atom stereocenters. The molecule has 8 nitrogen and oxygen atoms in total. The van der Waals surface area contributed by atoms with E-state index >= 15 is 0 Å². The van der Waals surface area contributed by atoms with Crippen LogP contribution in [0, 0.1) is 22.0 Å². The predicted octanol–water partition coefficient (Wildman–Crippen LogP) is 3.35. The average Bonchev–Trinajstić information content (AvgIpc) is 3.14. The molecule has 4 aliphatic rings. The van der Waals surface area contributed by atoms with E-state index in [1.165, 1.54) is 25.3 Å². The molecule has 3 aliphatic carbocycles. The molecule has 1 aliphatic heterocycles. The highest BCUT2D eigenvalue weighted by molar-refractivity contribution is 6.25. The van der Waals surface area contributed by atoms with Gasteiger partial charge in [0.05, 0.1) is 29.3 Å². The number of hydrogen-bond acceptors (Lipinski definition) is 6. The first-order valence-electron chi connectivity index (χ1n) is 10.8. The van der Waals surface area contributed by atoms with Gasteiger partial charge in [-0.15, -0.1) is 0 Å². The Morgan fingerprint density at radius 1 is 0.971 bits per heavy atom. The molecule has 1 fully saturated rings. The summed E-state index contributed by atoms with van der Waals surface area (Å²) in [6.07, 6.45) is 0.789. The lowest BCUT2D eigenvalue weighted by molar-refractivity contribution is -0.384. The van der Waals surface area contributed by atoms with Crippen LogP contribution in [-0.2, 0) is 19.8 Å². The molecule has 2 amide bonds. The predicted molar refractivity (Wildman–Crippen MR) is 121 cm³/mol. The van der Waals surface area contributed by atoms with E-state index in [9.17, 15) is 24.5 Å². The lowest BCUT2D eigenvalue weighted by Gasteiger charge is -2.51. The van der Waals surface area contributed by atoms with Crippen LogP contribution >= 0.6 is 0 Å². The molecule has 0 spiro atoms. The number of nitro benzene ring substituents is 1. The van der Waals surface area contributed by atoms with Crippen LogP contribution in [0.5, 0.6) is 5.75 Å². The van der Waals surface area contributed by atoms with Crippen LogP contribution < -0.4 is 9.64 Å². The fraction of sp³-hybridized carbons (Fsp3) is 0.192. The van der Waals surface area contributed by atoms with Crippen molar-refractivity contribution in [1.29, 1.82) is 0 Å². The normalized spacial score (nSPS) is 26.0. The number of hydrogen-bond donors (Lipinski definition) is 0. The highest BCUT2D eigenvalue weighted by Gasteiger charge is 2.68. The lowest BCUT2D eigenvalue weighted by atomic mass is 9.48. The molecule has 0 radical (unpaired) electrons. The van der Waals surface area contributed by atoms with Gasteiger partial charge in [-0.2, -0.15) is 0 Å². The lowest BCUT2D eigenvalue weighted by Crippen LogP contribution is -2.54. The molecule has 1 saturated heterocycles. The third-order valence-corrected chi connectivity index (χ3v) is 7.48. The number of imide groups is 1. The minimum absolute atomic E-state index is 0.00895. The third-order valence-electron chi connectivity index (χ3n) is 7.48. The van der Waals surface area contributed by atoms with Crippen molar-refractivity contribution in [3.8, 4) is 5.75 Å². The van der Waals surface area contributed by atoms with Crippen molar-refractivity contribution in [3.05, 3.63) is 99.1 Å². The van der Waals surface area contributed by atoms with Gasteiger partial charge in [-0.25, -0.2) is 4.90 Å². The van der Waals surface area contributed by atoms with Gasteiger partial charge in [-0.05, 0) is 28.3 Å². The largest absolute Gasteiger partial charge is 0.495 e. The molecule has 34 heavy (non-hydrogen) atoms. The summed E-state index contributed by atoms with van der Waals surface area (Å²) < 4.78 is 5.35. The Labute approximate surface area is 193 Å². The molecule has 8 heteroatoms. The summed E-state index contributed by atoms with van der Waals surface area (Å²) in [5.41, 5.74) is 1.56. The summed E-state index contributed by atoms with van der Waals surface area (Å²) in [4.78, 5) is 52.7. The van der Waals surface area contributed by atoms with E-state index in [4.69, 9.17) is 4.74 Å². The summed E-state index contributed by atoms with van der Waals surface area (Å²) in [5, 5.41) is 11.4.